The molecule has 0 radical (unpaired) electrons. The van der Waals surface area contributed by atoms with Crippen LogP contribution in [0.15, 0.2) is 28.7 Å². The number of rotatable bonds is 6. The van der Waals surface area contributed by atoms with Gasteiger partial charge in [-0.2, -0.15) is 0 Å². The first-order valence-electron chi connectivity index (χ1n) is 7.09. The minimum absolute atomic E-state index is 0.178. The van der Waals surface area contributed by atoms with Crippen molar-refractivity contribution in [2.45, 2.75) is 6.54 Å². The van der Waals surface area contributed by atoms with Gasteiger partial charge in [-0.3, -0.25) is 4.90 Å². The summed E-state index contributed by atoms with van der Waals surface area (Å²) in [6.45, 7) is 4.73. The second-order valence-electron chi connectivity index (χ2n) is 5.29. The number of benzene rings is 1. The minimum Gasteiger partial charge on any atom is -0.314 e. The zero-order chi connectivity index (χ0) is 15.3. The summed E-state index contributed by atoms with van der Waals surface area (Å²) in [5.74, 6) is 0.178. The predicted octanol–water partition coefficient (Wildman–Crippen LogP) is 1.12. The van der Waals surface area contributed by atoms with E-state index in [2.05, 4.69) is 26.1 Å². The smallest absolute Gasteiger partial charge is 0.215 e. The fourth-order valence-corrected chi connectivity index (χ4v) is 3.92. The number of halogens is 1. The number of piperazine rings is 1. The molecular formula is C14H22BrN3O2S. The van der Waals surface area contributed by atoms with E-state index in [1.165, 1.54) is 4.31 Å². The summed E-state index contributed by atoms with van der Waals surface area (Å²) in [5.41, 5.74) is 0.984. The maximum Gasteiger partial charge on any atom is 0.215 e. The molecule has 1 aliphatic heterocycles. The lowest BCUT2D eigenvalue weighted by Crippen LogP contribution is -2.46. The molecule has 1 aromatic carbocycles. The standard InChI is InChI=1S/C14H22BrN3O2S/c1-17(12-13-3-2-4-14(15)11-13)21(19,20)10-9-18-7-5-16-6-8-18/h2-4,11,16H,5-10,12H2,1H3. The molecule has 2 rings (SSSR count). The van der Waals surface area contributed by atoms with Crippen LogP contribution in [0.4, 0.5) is 0 Å². The van der Waals surface area contributed by atoms with Crippen molar-refractivity contribution < 1.29 is 8.42 Å². The Morgan fingerprint density at radius 3 is 2.71 bits per heavy atom. The van der Waals surface area contributed by atoms with Crippen molar-refractivity contribution in [2.24, 2.45) is 0 Å². The highest BCUT2D eigenvalue weighted by molar-refractivity contribution is 9.10. The number of sulfonamides is 1. The summed E-state index contributed by atoms with van der Waals surface area (Å²) in [5, 5.41) is 3.27. The third-order valence-electron chi connectivity index (χ3n) is 3.64. The van der Waals surface area contributed by atoms with Gasteiger partial charge >= 0.3 is 0 Å². The molecule has 1 aliphatic rings. The summed E-state index contributed by atoms with van der Waals surface area (Å²) in [4.78, 5) is 2.20. The van der Waals surface area contributed by atoms with Gasteiger partial charge in [0.05, 0.1) is 5.75 Å². The van der Waals surface area contributed by atoms with Gasteiger partial charge in [0, 0.05) is 50.8 Å². The SMILES string of the molecule is CN(Cc1cccc(Br)c1)S(=O)(=O)CCN1CCNCC1. The van der Waals surface area contributed by atoms with E-state index in [9.17, 15) is 8.42 Å². The first kappa shape index (κ1) is 16.9. The summed E-state index contributed by atoms with van der Waals surface area (Å²) in [6, 6.07) is 7.73. The molecule has 0 aliphatic carbocycles. The Labute approximate surface area is 135 Å². The van der Waals surface area contributed by atoms with Gasteiger partial charge < -0.3 is 5.32 Å². The van der Waals surface area contributed by atoms with Crippen molar-refractivity contribution in [3.63, 3.8) is 0 Å². The maximum atomic E-state index is 12.3. The maximum absolute atomic E-state index is 12.3. The average Bonchev–Trinajstić information content (AvgIpc) is 2.46. The fraction of sp³-hybridized carbons (Fsp3) is 0.571. The Kier molecular flexibility index (Phi) is 6.19. The molecule has 5 nitrogen and oxygen atoms in total. The Morgan fingerprint density at radius 2 is 2.05 bits per heavy atom. The Bertz CT molecular complexity index is 559. The molecule has 1 saturated heterocycles. The second-order valence-corrected chi connectivity index (χ2v) is 8.40. The van der Waals surface area contributed by atoms with E-state index in [0.29, 0.717) is 13.1 Å². The Morgan fingerprint density at radius 1 is 1.33 bits per heavy atom. The highest BCUT2D eigenvalue weighted by Gasteiger charge is 2.20. The van der Waals surface area contributed by atoms with Crippen LogP contribution in [-0.2, 0) is 16.6 Å². The molecule has 21 heavy (non-hydrogen) atoms. The molecule has 1 heterocycles. The van der Waals surface area contributed by atoms with Gasteiger partial charge in [-0.05, 0) is 17.7 Å². The lowest BCUT2D eigenvalue weighted by Gasteiger charge is -2.27. The summed E-state index contributed by atoms with van der Waals surface area (Å²) < 4.78 is 27.1. The van der Waals surface area contributed by atoms with Crippen LogP contribution >= 0.6 is 15.9 Å². The summed E-state index contributed by atoms with van der Waals surface area (Å²) in [6.07, 6.45) is 0. The molecule has 7 heteroatoms. The molecule has 0 spiro atoms. The van der Waals surface area contributed by atoms with Crippen LogP contribution in [-0.4, -0.2) is 63.1 Å². The van der Waals surface area contributed by atoms with E-state index >= 15 is 0 Å². The number of nitrogens with one attached hydrogen (secondary N) is 1. The van der Waals surface area contributed by atoms with E-state index in [-0.39, 0.29) is 5.75 Å². The second kappa shape index (κ2) is 7.69. The topological polar surface area (TPSA) is 52.7 Å². The molecule has 0 amide bonds. The van der Waals surface area contributed by atoms with Crippen LogP contribution in [0.2, 0.25) is 0 Å². The lowest BCUT2D eigenvalue weighted by atomic mass is 10.2. The van der Waals surface area contributed by atoms with Crippen LogP contribution in [0.1, 0.15) is 5.56 Å². The average molecular weight is 376 g/mol. The van der Waals surface area contributed by atoms with Crippen molar-refractivity contribution in [1.29, 1.82) is 0 Å². The Balaban J connectivity index is 1.88. The first-order valence-corrected chi connectivity index (χ1v) is 9.49. The predicted molar refractivity (Wildman–Crippen MR) is 88.7 cm³/mol. The molecular weight excluding hydrogens is 354 g/mol. The quantitative estimate of drug-likeness (QED) is 0.809. The van der Waals surface area contributed by atoms with E-state index < -0.39 is 10.0 Å². The highest BCUT2D eigenvalue weighted by atomic mass is 79.9. The van der Waals surface area contributed by atoms with Crippen LogP contribution in [0.3, 0.4) is 0 Å². The van der Waals surface area contributed by atoms with Crippen LogP contribution in [0.5, 0.6) is 0 Å². The van der Waals surface area contributed by atoms with Gasteiger partial charge in [-0.25, -0.2) is 12.7 Å². The van der Waals surface area contributed by atoms with Crippen LogP contribution < -0.4 is 5.32 Å². The molecule has 0 aromatic heterocycles. The molecule has 0 bridgehead atoms. The highest BCUT2D eigenvalue weighted by Crippen LogP contribution is 2.14. The largest absolute Gasteiger partial charge is 0.314 e. The molecule has 1 fully saturated rings. The van der Waals surface area contributed by atoms with Crippen LogP contribution in [0, 0.1) is 0 Å². The van der Waals surface area contributed by atoms with Crippen molar-refractivity contribution in [2.75, 3.05) is 45.5 Å². The Hall–Kier alpha value is -0.470. The van der Waals surface area contributed by atoms with Gasteiger partial charge in [0.25, 0.3) is 0 Å². The third kappa shape index (κ3) is 5.34. The van der Waals surface area contributed by atoms with Gasteiger partial charge in [-0.1, -0.05) is 28.1 Å². The molecule has 0 atom stereocenters. The molecule has 1 N–H and O–H groups in total. The van der Waals surface area contributed by atoms with E-state index in [4.69, 9.17) is 0 Å². The first-order chi connectivity index (χ1) is 9.97. The fourth-order valence-electron chi connectivity index (χ4n) is 2.33. The number of hydrogen-bond acceptors (Lipinski definition) is 4. The molecule has 1 aromatic rings. The minimum atomic E-state index is -3.21. The van der Waals surface area contributed by atoms with Crippen molar-refractivity contribution >= 4 is 26.0 Å². The van der Waals surface area contributed by atoms with Crippen molar-refractivity contribution in [3.8, 4) is 0 Å². The summed E-state index contributed by atoms with van der Waals surface area (Å²) in [7, 11) is -1.57. The van der Waals surface area contributed by atoms with Crippen molar-refractivity contribution in [3.05, 3.63) is 34.3 Å². The zero-order valence-corrected chi connectivity index (χ0v) is 14.7. The van der Waals surface area contributed by atoms with Gasteiger partial charge in [0.2, 0.25) is 10.0 Å². The number of nitrogens with zero attached hydrogens (tertiary/aromatic N) is 2. The lowest BCUT2D eigenvalue weighted by molar-refractivity contribution is 0.252. The number of hydrogen-bond donors (Lipinski definition) is 1. The van der Waals surface area contributed by atoms with E-state index in [1.54, 1.807) is 7.05 Å². The normalized spacial score (nSPS) is 17.3. The molecule has 118 valence electrons. The van der Waals surface area contributed by atoms with Crippen molar-refractivity contribution in [1.82, 2.24) is 14.5 Å². The molecule has 0 saturated carbocycles. The van der Waals surface area contributed by atoms with Gasteiger partial charge in [0.15, 0.2) is 0 Å². The van der Waals surface area contributed by atoms with Gasteiger partial charge in [-0.15, -0.1) is 0 Å². The molecule has 0 unspecified atom stereocenters. The van der Waals surface area contributed by atoms with E-state index in [1.807, 2.05) is 24.3 Å². The summed E-state index contributed by atoms with van der Waals surface area (Å²) >= 11 is 3.40. The monoisotopic (exact) mass is 375 g/mol. The van der Waals surface area contributed by atoms with Crippen LogP contribution in [0.25, 0.3) is 0 Å². The van der Waals surface area contributed by atoms with Gasteiger partial charge in [0.1, 0.15) is 0 Å². The third-order valence-corrected chi connectivity index (χ3v) is 5.91. The van der Waals surface area contributed by atoms with E-state index in [0.717, 1.165) is 36.2 Å². The zero-order valence-electron chi connectivity index (χ0n) is 12.3.